The van der Waals surface area contributed by atoms with Gasteiger partial charge in [-0.25, -0.2) is 4.68 Å². The minimum Gasteiger partial charge on any atom is -0.382 e. The lowest BCUT2D eigenvalue weighted by Crippen LogP contribution is -2.29. The maximum Gasteiger partial charge on any atom is 0.435 e. The SMILES string of the molecule is CC1(C)CC(=O)c2c(C(F)(F)F)nn(-c3ccc(C(N)=O)c(NC4CC5CNCC5C4)c3)c2C1. The van der Waals surface area contributed by atoms with Gasteiger partial charge in [0.2, 0.25) is 0 Å². The molecule has 0 spiro atoms. The molecule has 0 radical (unpaired) electrons. The van der Waals surface area contributed by atoms with Gasteiger partial charge in [0.05, 0.1) is 22.5 Å². The molecule has 1 saturated carbocycles. The fourth-order valence-electron chi connectivity index (χ4n) is 5.86. The number of nitrogens with one attached hydrogen (secondary N) is 2. The van der Waals surface area contributed by atoms with Crippen LogP contribution in [-0.4, -0.2) is 40.6 Å². The first-order chi connectivity index (χ1) is 15.9. The largest absolute Gasteiger partial charge is 0.435 e. The number of carbonyl (C=O) groups excluding carboxylic acids is 2. The standard InChI is InChI=1S/C24H28F3N5O2/c1-23(2)8-18-20(19(33)9-23)21(24(25,26)27)31-32(18)15-3-4-16(22(28)34)17(7-15)30-14-5-12-10-29-11-13(12)6-14/h3-4,7,12-14,29-30H,5-6,8-11H2,1-2H3,(H2,28,34). The van der Waals surface area contributed by atoms with Crippen molar-refractivity contribution in [3.63, 3.8) is 0 Å². The van der Waals surface area contributed by atoms with Gasteiger partial charge in [0, 0.05) is 18.2 Å². The number of benzene rings is 1. The van der Waals surface area contributed by atoms with Gasteiger partial charge in [0.25, 0.3) is 5.91 Å². The van der Waals surface area contributed by atoms with Crippen molar-refractivity contribution < 1.29 is 22.8 Å². The first kappa shape index (κ1) is 22.9. The van der Waals surface area contributed by atoms with Crippen LogP contribution < -0.4 is 16.4 Å². The van der Waals surface area contributed by atoms with Crippen LogP contribution in [0.1, 0.15) is 65.2 Å². The van der Waals surface area contributed by atoms with Crippen LogP contribution >= 0.6 is 0 Å². The van der Waals surface area contributed by atoms with Gasteiger partial charge < -0.3 is 16.4 Å². The Morgan fingerprint density at radius 1 is 1.21 bits per heavy atom. The molecule has 1 aromatic carbocycles. The summed E-state index contributed by atoms with van der Waals surface area (Å²) in [5.74, 6) is -0.0383. The molecular weight excluding hydrogens is 447 g/mol. The summed E-state index contributed by atoms with van der Waals surface area (Å²) < 4.78 is 42.6. The van der Waals surface area contributed by atoms with E-state index in [9.17, 15) is 22.8 Å². The van der Waals surface area contributed by atoms with Crippen LogP contribution in [0.15, 0.2) is 18.2 Å². The molecule has 1 saturated heterocycles. The highest BCUT2D eigenvalue weighted by Gasteiger charge is 2.45. The molecule has 182 valence electrons. The first-order valence-electron chi connectivity index (χ1n) is 11.6. The van der Waals surface area contributed by atoms with Crippen LogP contribution in [0.5, 0.6) is 0 Å². The monoisotopic (exact) mass is 475 g/mol. The highest BCUT2D eigenvalue weighted by Crippen LogP contribution is 2.42. The van der Waals surface area contributed by atoms with Crippen molar-refractivity contribution in [2.45, 2.75) is 51.7 Å². The molecule has 0 bridgehead atoms. The van der Waals surface area contributed by atoms with Crippen molar-refractivity contribution in [3.8, 4) is 5.69 Å². The van der Waals surface area contributed by atoms with Crippen molar-refractivity contribution in [3.05, 3.63) is 40.7 Å². The summed E-state index contributed by atoms with van der Waals surface area (Å²) in [5, 5.41) is 10.7. The van der Waals surface area contributed by atoms with Crippen LogP contribution in [0.25, 0.3) is 5.69 Å². The van der Waals surface area contributed by atoms with E-state index in [0.29, 0.717) is 23.2 Å². The number of ketones is 1. The molecule has 2 fully saturated rings. The molecule has 34 heavy (non-hydrogen) atoms. The number of hydrogen-bond donors (Lipinski definition) is 3. The van der Waals surface area contributed by atoms with Crippen molar-refractivity contribution >= 4 is 17.4 Å². The third-order valence-electron chi connectivity index (χ3n) is 7.34. The predicted octanol–water partition coefficient (Wildman–Crippen LogP) is 3.56. The van der Waals surface area contributed by atoms with E-state index < -0.39 is 29.0 Å². The van der Waals surface area contributed by atoms with Gasteiger partial charge in [-0.1, -0.05) is 13.8 Å². The number of Topliss-reactive ketones (excluding diaryl/α,β-unsaturated/α-hetero) is 1. The number of rotatable bonds is 4. The van der Waals surface area contributed by atoms with Crippen LogP contribution in [-0.2, 0) is 12.6 Å². The van der Waals surface area contributed by atoms with Crippen LogP contribution in [0.3, 0.4) is 0 Å². The fraction of sp³-hybridized carbons (Fsp3) is 0.542. The second-order valence-electron chi connectivity index (χ2n) is 10.6. The molecule has 2 atom stereocenters. The molecule has 7 nitrogen and oxygen atoms in total. The highest BCUT2D eigenvalue weighted by molar-refractivity contribution is 6.00. The van der Waals surface area contributed by atoms with Gasteiger partial charge in [-0.05, 0) is 67.8 Å². The van der Waals surface area contributed by atoms with E-state index in [-0.39, 0.29) is 35.7 Å². The predicted molar refractivity (Wildman–Crippen MR) is 120 cm³/mol. The summed E-state index contributed by atoms with van der Waals surface area (Å²) in [4.78, 5) is 24.8. The zero-order valence-electron chi connectivity index (χ0n) is 19.1. The fourth-order valence-corrected chi connectivity index (χ4v) is 5.86. The molecule has 1 aliphatic heterocycles. The summed E-state index contributed by atoms with van der Waals surface area (Å²) in [6, 6.07) is 4.79. The Bertz CT molecular complexity index is 1160. The number of amides is 1. The molecule has 2 unspecified atom stereocenters. The topological polar surface area (TPSA) is 102 Å². The third kappa shape index (κ3) is 3.97. The first-order valence-corrected chi connectivity index (χ1v) is 11.6. The van der Waals surface area contributed by atoms with Crippen molar-refractivity contribution in [1.29, 1.82) is 0 Å². The Morgan fingerprint density at radius 3 is 2.50 bits per heavy atom. The second kappa shape index (κ2) is 7.83. The van der Waals surface area contributed by atoms with Crippen LogP contribution in [0.4, 0.5) is 18.9 Å². The van der Waals surface area contributed by atoms with Crippen molar-refractivity contribution in [2.75, 3.05) is 18.4 Å². The summed E-state index contributed by atoms with van der Waals surface area (Å²) >= 11 is 0. The Labute approximate surface area is 195 Å². The van der Waals surface area contributed by atoms with Gasteiger partial charge in [-0.2, -0.15) is 18.3 Å². The number of fused-ring (bicyclic) bond motifs is 2. The number of primary amides is 1. The average molecular weight is 476 g/mol. The van der Waals surface area contributed by atoms with Gasteiger partial charge in [0.15, 0.2) is 11.5 Å². The molecule has 3 aliphatic rings. The maximum absolute atomic E-state index is 13.8. The minimum absolute atomic E-state index is 0.0288. The van der Waals surface area contributed by atoms with Crippen LogP contribution in [0, 0.1) is 17.3 Å². The lowest BCUT2D eigenvalue weighted by Gasteiger charge is -2.29. The van der Waals surface area contributed by atoms with E-state index in [1.165, 1.54) is 16.8 Å². The van der Waals surface area contributed by atoms with E-state index in [1.807, 2.05) is 13.8 Å². The van der Waals surface area contributed by atoms with Gasteiger partial charge >= 0.3 is 6.18 Å². The lowest BCUT2D eigenvalue weighted by atomic mass is 9.75. The molecule has 2 heterocycles. The molecule has 2 aliphatic carbocycles. The van der Waals surface area contributed by atoms with E-state index in [2.05, 4.69) is 15.7 Å². The zero-order chi connectivity index (χ0) is 24.4. The molecule has 1 amide bonds. The number of nitrogens with zero attached hydrogens (tertiary/aromatic N) is 2. The summed E-state index contributed by atoms with van der Waals surface area (Å²) in [6.07, 6.45) is -2.57. The highest BCUT2D eigenvalue weighted by atomic mass is 19.4. The van der Waals surface area contributed by atoms with Crippen molar-refractivity contribution in [2.24, 2.45) is 23.0 Å². The second-order valence-corrected chi connectivity index (χ2v) is 10.6. The Morgan fingerprint density at radius 2 is 1.88 bits per heavy atom. The summed E-state index contributed by atoms with van der Waals surface area (Å²) in [5.41, 5.74) is 4.93. The number of hydrogen-bond acceptors (Lipinski definition) is 5. The van der Waals surface area contributed by atoms with Crippen LogP contribution in [0.2, 0.25) is 0 Å². The normalized spacial score (nSPS) is 25.8. The Balaban J connectivity index is 1.57. The number of nitrogens with two attached hydrogens (primary N) is 1. The molecule has 10 heteroatoms. The lowest BCUT2D eigenvalue weighted by molar-refractivity contribution is -0.141. The smallest absolute Gasteiger partial charge is 0.382 e. The minimum atomic E-state index is -4.75. The summed E-state index contributed by atoms with van der Waals surface area (Å²) in [6.45, 7) is 5.64. The van der Waals surface area contributed by atoms with E-state index in [0.717, 1.165) is 25.9 Å². The van der Waals surface area contributed by atoms with E-state index >= 15 is 0 Å². The van der Waals surface area contributed by atoms with Gasteiger partial charge in [0.1, 0.15) is 0 Å². The molecule has 2 aromatic rings. The number of halogens is 3. The van der Waals surface area contributed by atoms with Gasteiger partial charge in [-0.15, -0.1) is 0 Å². The summed E-state index contributed by atoms with van der Waals surface area (Å²) in [7, 11) is 0. The van der Waals surface area contributed by atoms with Crippen molar-refractivity contribution in [1.82, 2.24) is 15.1 Å². The third-order valence-corrected chi connectivity index (χ3v) is 7.34. The quantitative estimate of drug-likeness (QED) is 0.628. The van der Waals surface area contributed by atoms with Gasteiger partial charge in [-0.3, -0.25) is 9.59 Å². The molecule has 5 rings (SSSR count). The van der Waals surface area contributed by atoms with E-state index in [4.69, 9.17) is 5.73 Å². The Kier molecular flexibility index (Phi) is 5.27. The Hall–Kier alpha value is -2.88. The molecule has 4 N–H and O–H groups in total. The average Bonchev–Trinajstić information content (AvgIpc) is 3.39. The maximum atomic E-state index is 13.8. The zero-order valence-corrected chi connectivity index (χ0v) is 19.1. The number of carbonyl (C=O) groups is 2. The number of anilines is 1. The molecule has 1 aromatic heterocycles. The molecular formula is C24H28F3N5O2. The number of alkyl halides is 3. The van der Waals surface area contributed by atoms with E-state index in [1.54, 1.807) is 6.07 Å². The number of aromatic nitrogens is 2.